The molecule has 0 N–H and O–H groups in total. The molecule has 0 saturated heterocycles. The summed E-state index contributed by atoms with van der Waals surface area (Å²) in [5.74, 6) is 0. The van der Waals surface area contributed by atoms with Gasteiger partial charge in [-0.2, -0.15) is 0 Å². The Bertz CT molecular complexity index is 307. The summed E-state index contributed by atoms with van der Waals surface area (Å²) in [5, 5.41) is 1.81. The van der Waals surface area contributed by atoms with Crippen molar-refractivity contribution in [3.8, 4) is 0 Å². The fraction of sp³-hybridized carbons (Fsp3) is 0.571. The predicted octanol–water partition coefficient (Wildman–Crippen LogP) is 2.43. The molecule has 0 fully saturated rings. The lowest BCUT2D eigenvalue weighted by Gasteiger charge is -2.17. The smallest absolute Gasteiger partial charge is 0.267 e. The quantitative estimate of drug-likeness (QED) is 0.678. The summed E-state index contributed by atoms with van der Waals surface area (Å²) in [5.41, 5.74) is -0.0455. The number of rotatable bonds is 0. The van der Waals surface area contributed by atoms with Crippen LogP contribution in [0.3, 0.4) is 0 Å². The minimum Gasteiger partial charge on any atom is -0.267 e. The van der Waals surface area contributed by atoms with Gasteiger partial charge in [-0.1, -0.05) is 11.5 Å². The molecule has 0 spiro atoms. The maximum absolute atomic E-state index is 11.3. The molecule has 1 aromatic heterocycles. The largest absolute Gasteiger partial charge is 0.275 e. The predicted molar refractivity (Wildman–Crippen MR) is 51.3 cm³/mol. The van der Waals surface area contributed by atoms with Crippen molar-refractivity contribution in [2.75, 3.05) is 0 Å². The van der Waals surface area contributed by atoms with Crippen molar-refractivity contribution >= 4 is 27.5 Å². The molecule has 0 aliphatic heterocycles. The fourth-order valence-electron chi connectivity index (χ4n) is 0.757. The Balaban J connectivity index is 3.27. The van der Waals surface area contributed by atoms with Crippen molar-refractivity contribution in [3.63, 3.8) is 0 Å². The van der Waals surface area contributed by atoms with Gasteiger partial charge in [0.15, 0.2) is 0 Å². The van der Waals surface area contributed by atoms with E-state index in [0.717, 1.165) is 0 Å². The molecule has 0 atom stereocenters. The highest BCUT2D eigenvalue weighted by Crippen LogP contribution is 2.17. The van der Waals surface area contributed by atoms with Crippen LogP contribution in [-0.4, -0.2) is 3.96 Å². The summed E-state index contributed by atoms with van der Waals surface area (Å²) in [6.07, 6.45) is 0. The van der Waals surface area contributed by atoms with Gasteiger partial charge in [0.2, 0.25) is 0 Å². The van der Waals surface area contributed by atoms with Crippen molar-refractivity contribution in [3.05, 3.63) is 20.2 Å². The van der Waals surface area contributed by atoms with E-state index in [0.29, 0.717) is 4.47 Å². The standard InChI is InChI=1S/C7H10BrNOS/c1-7(2,3)9-6(10)5(8)4-11-9/h4H,1-3H3. The van der Waals surface area contributed by atoms with Gasteiger partial charge in [-0.05, 0) is 36.7 Å². The molecule has 0 amide bonds. The van der Waals surface area contributed by atoms with E-state index in [9.17, 15) is 4.79 Å². The lowest BCUT2D eigenvalue weighted by molar-refractivity contribution is 0.418. The van der Waals surface area contributed by atoms with Crippen molar-refractivity contribution in [2.45, 2.75) is 26.3 Å². The van der Waals surface area contributed by atoms with Crippen LogP contribution in [0, 0.1) is 0 Å². The van der Waals surface area contributed by atoms with Crippen molar-refractivity contribution in [1.29, 1.82) is 0 Å². The van der Waals surface area contributed by atoms with E-state index in [1.54, 1.807) is 3.96 Å². The summed E-state index contributed by atoms with van der Waals surface area (Å²) in [6.45, 7) is 6.03. The summed E-state index contributed by atoms with van der Waals surface area (Å²) in [4.78, 5) is 11.3. The van der Waals surface area contributed by atoms with Crippen molar-refractivity contribution in [1.82, 2.24) is 3.96 Å². The van der Waals surface area contributed by atoms with Crippen molar-refractivity contribution < 1.29 is 0 Å². The Hall–Kier alpha value is -0.0900. The van der Waals surface area contributed by atoms with E-state index in [1.807, 2.05) is 26.2 Å². The number of hydrogen-bond donors (Lipinski definition) is 0. The molecule has 0 aliphatic rings. The van der Waals surface area contributed by atoms with Gasteiger partial charge in [-0.3, -0.25) is 8.75 Å². The molecule has 0 aromatic carbocycles. The normalized spacial score (nSPS) is 12.0. The zero-order valence-corrected chi connectivity index (χ0v) is 9.12. The molecule has 4 heteroatoms. The fourth-order valence-corrected chi connectivity index (χ4v) is 2.11. The molecule has 0 unspecified atom stereocenters. The van der Waals surface area contributed by atoms with Gasteiger partial charge in [0.25, 0.3) is 5.56 Å². The number of halogens is 1. The minimum atomic E-state index is -0.103. The molecule has 0 aliphatic carbocycles. The molecule has 1 rings (SSSR count). The first-order valence-corrected chi connectivity index (χ1v) is 4.93. The molecular weight excluding hydrogens is 226 g/mol. The van der Waals surface area contributed by atoms with Gasteiger partial charge >= 0.3 is 0 Å². The third-order valence-electron chi connectivity index (χ3n) is 1.26. The Labute approximate surface area is 78.1 Å². The highest BCUT2D eigenvalue weighted by atomic mass is 79.9. The second-order valence-electron chi connectivity index (χ2n) is 3.34. The van der Waals surface area contributed by atoms with E-state index in [4.69, 9.17) is 0 Å². The summed E-state index contributed by atoms with van der Waals surface area (Å²) in [6, 6.07) is 0. The minimum absolute atomic E-state index is 0.0579. The maximum atomic E-state index is 11.3. The molecule has 1 heterocycles. The Morgan fingerprint density at radius 1 is 1.55 bits per heavy atom. The molecule has 0 saturated carbocycles. The number of nitrogens with zero attached hydrogens (tertiary/aromatic N) is 1. The monoisotopic (exact) mass is 235 g/mol. The van der Waals surface area contributed by atoms with E-state index in [1.165, 1.54) is 11.5 Å². The van der Waals surface area contributed by atoms with Gasteiger partial charge in [-0.15, -0.1) is 0 Å². The second-order valence-corrected chi connectivity index (χ2v) is 5.01. The average Bonchev–Trinajstić information content (AvgIpc) is 2.11. The highest BCUT2D eigenvalue weighted by molar-refractivity contribution is 9.10. The zero-order chi connectivity index (χ0) is 8.65. The van der Waals surface area contributed by atoms with Gasteiger partial charge in [0.1, 0.15) is 0 Å². The third-order valence-corrected chi connectivity index (χ3v) is 3.40. The van der Waals surface area contributed by atoms with Crippen LogP contribution >= 0.6 is 27.5 Å². The SMILES string of the molecule is CC(C)(C)n1scc(Br)c1=O. The average molecular weight is 236 g/mol. The van der Waals surface area contributed by atoms with Crippen LogP contribution in [0.25, 0.3) is 0 Å². The van der Waals surface area contributed by atoms with E-state index in [-0.39, 0.29) is 11.1 Å². The zero-order valence-electron chi connectivity index (χ0n) is 6.72. The summed E-state index contributed by atoms with van der Waals surface area (Å²) >= 11 is 4.63. The molecule has 2 nitrogen and oxygen atoms in total. The first-order chi connectivity index (χ1) is 4.93. The van der Waals surface area contributed by atoms with Crippen LogP contribution in [0.4, 0.5) is 0 Å². The Kier molecular flexibility index (Phi) is 2.25. The molecule has 62 valence electrons. The summed E-state index contributed by atoms with van der Waals surface area (Å²) < 4.78 is 2.40. The second kappa shape index (κ2) is 2.75. The van der Waals surface area contributed by atoms with Crippen LogP contribution < -0.4 is 5.56 Å². The van der Waals surface area contributed by atoms with Crippen LogP contribution in [0.2, 0.25) is 0 Å². The van der Waals surface area contributed by atoms with Crippen LogP contribution in [0.5, 0.6) is 0 Å². The molecule has 0 bridgehead atoms. The molecule has 0 radical (unpaired) electrons. The van der Waals surface area contributed by atoms with Crippen molar-refractivity contribution in [2.24, 2.45) is 0 Å². The number of hydrogen-bond acceptors (Lipinski definition) is 2. The Morgan fingerprint density at radius 3 is 2.27 bits per heavy atom. The highest BCUT2D eigenvalue weighted by Gasteiger charge is 2.17. The Morgan fingerprint density at radius 2 is 2.09 bits per heavy atom. The maximum Gasteiger partial charge on any atom is 0.275 e. The van der Waals surface area contributed by atoms with Gasteiger partial charge in [0, 0.05) is 5.38 Å². The van der Waals surface area contributed by atoms with E-state index >= 15 is 0 Å². The van der Waals surface area contributed by atoms with Gasteiger partial charge in [0.05, 0.1) is 10.0 Å². The van der Waals surface area contributed by atoms with Gasteiger partial charge in [-0.25, -0.2) is 0 Å². The first-order valence-electron chi connectivity index (χ1n) is 3.30. The number of aromatic nitrogens is 1. The van der Waals surface area contributed by atoms with E-state index < -0.39 is 0 Å². The third kappa shape index (κ3) is 1.73. The molecule has 1 aromatic rings. The summed E-state index contributed by atoms with van der Waals surface area (Å²) in [7, 11) is 0. The van der Waals surface area contributed by atoms with Crippen LogP contribution in [-0.2, 0) is 5.54 Å². The van der Waals surface area contributed by atoms with Crippen LogP contribution in [0.15, 0.2) is 14.6 Å². The molecule has 11 heavy (non-hydrogen) atoms. The lowest BCUT2D eigenvalue weighted by atomic mass is 10.1. The first kappa shape index (κ1) is 9.00. The lowest BCUT2D eigenvalue weighted by Crippen LogP contribution is -2.29. The molecular formula is C7H10BrNOS. The topological polar surface area (TPSA) is 22.0 Å². The van der Waals surface area contributed by atoms with E-state index in [2.05, 4.69) is 15.9 Å². The van der Waals surface area contributed by atoms with Gasteiger partial charge < -0.3 is 0 Å². The van der Waals surface area contributed by atoms with Crippen LogP contribution in [0.1, 0.15) is 20.8 Å².